The monoisotopic (exact) mass is 593 g/mol. The van der Waals surface area contributed by atoms with Gasteiger partial charge < -0.3 is 25.3 Å². The Morgan fingerprint density at radius 3 is 2.56 bits per heavy atom. The van der Waals surface area contributed by atoms with Crippen LogP contribution in [0.1, 0.15) is 12.5 Å². The molecular weight excluding hydrogens is 567 g/mol. The van der Waals surface area contributed by atoms with Crippen molar-refractivity contribution >= 4 is 28.4 Å². The first-order valence-corrected chi connectivity index (χ1v) is 13.0. The second kappa shape index (κ2) is 12.7. The van der Waals surface area contributed by atoms with Gasteiger partial charge in [-0.3, -0.25) is 9.48 Å². The van der Waals surface area contributed by atoms with Gasteiger partial charge in [0.25, 0.3) is 0 Å². The molecule has 11 nitrogen and oxygen atoms in total. The maximum atomic E-state index is 15.1. The van der Waals surface area contributed by atoms with Crippen LogP contribution >= 0.6 is 0 Å². The summed E-state index contributed by atoms with van der Waals surface area (Å²) in [6.07, 6.45) is 2.74. The van der Waals surface area contributed by atoms with E-state index in [1.54, 1.807) is 30.3 Å². The average molecular weight is 594 g/mol. The molecule has 3 heterocycles. The van der Waals surface area contributed by atoms with Crippen molar-refractivity contribution in [2.45, 2.75) is 19.5 Å². The van der Waals surface area contributed by atoms with Crippen LogP contribution in [0.15, 0.2) is 60.9 Å². The molecule has 0 fully saturated rings. The van der Waals surface area contributed by atoms with Crippen molar-refractivity contribution in [3.8, 4) is 23.0 Å². The Morgan fingerprint density at radius 2 is 1.84 bits per heavy atom. The summed E-state index contributed by atoms with van der Waals surface area (Å²) in [5.74, 6) is -2.31. The van der Waals surface area contributed by atoms with Crippen LogP contribution in [0.25, 0.3) is 22.4 Å². The second-order valence-corrected chi connectivity index (χ2v) is 9.30. The van der Waals surface area contributed by atoms with Gasteiger partial charge in [0, 0.05) is 41.0 Å². The Balaban J connectivity index is 1.41. The number of rotatable bonds is 11. The molecule has 0 amide bonds. The van der Waals surface area contributed by atoms with Gasteiger partial charge in [-0.2, -0.15) is 9.49 Å². The molecule has 1 atom stereocenters. The highest BCUT2D eigenvalue weighted by Crippen LogP contribution is 2.31. The molecule has 43 heavy (non-hydrogen) atoms. The Hall–Kier alpha value is -5.24. The van der Waals surface area contributed by atoms with Crippen LogP contribution in [-0.2, 0) is 16.1 Å². The Morgan fingerprint density at radius 1 is 1.07 bits per heavy atom. The van der Waals surface area contributed by atoms with Gasteiger partial charge in [-0.1, -0.05) is 18.2 Å². The molecule has 0 spiro atoms. The Kier molecular flexibility index (Phi) is 8.66. The van der Waals surface area contributed by atoms with E-state index in [1.165, 1.54) is 37.2 Å². The van der Waals surface area contributed by atoms with E-state index >= 15 is 8.78 Å². The van der Waals surface area contributed by atoms with Crippen LogP contribution in [0.2, 0.25) is 0 Å². The third-order valence-corrected chi connectivity index (χ3v) is 6.22. The molecule has 0 bridgehead atoms. The number of carbonyl (C=O) groups excluding carboxylic acids is 1. The van der Waals surface area contributed by atoms with Crippen molar-refractivity contribution in [3.63, 3.8) is 0 Å². The number of methoxy groups -OCH3 is 1. The molecule has 0 saturated heterocycles. The van der Waals surface area contributed by atoms with Crippen molar-refractivity contribution < 1.29 is 32.2 Å². The number of carbonyl (C=O) groups is 1. The number of hydrogen-bond donors (Lipinski definition) is 2. The van der Waals surface area contributed by atoms with Crippen molar-refractivity contribution in [1.82, 2.24) is 24.7 Å². The minimum absolute atomic E-state index is 0.0673. The summed E-state index contributed by atoms with van der Waals surface area (Å²) in [4.78, 5) is 23.9. The van der Waals surface area contributed by atoms with E-state index in [-0.39, 0.29) is 42.7 Å². The van der Waals surface area contributed by atoms with Gasteiger partial charge in [-0.05, 0) is 19.1 Å². The highest BCUT2D eigenvalue weighted by Gasteiger charge is 2.20. The first kappa shape index (κ1) is 29.3. The number of nitrogens with two attached hydrogens (primary N) is 1. The van der Waals surface area contributed by atoms with Gasteiger partial charge in [0.2, 0.25) is 5.95 Å². The lowest BCUT2D eigenvalue weighted by Crippen LogP contribution is -2.29. The van der Waals surface area contributed by atoms with Crippen LogP contribution < -0.4 is 20.5 Å². The molecule has 2 aromatic carbocycles. The van der Waals surface area contributed by atoms with E-state index in [0.717, 1.165) is 12.1 Å². The quantitative estimate of drug-likeness (QED) is 0.129. The number of benzene rings is 2. The van der Waals surface area contributed by atoms with Crippen LogP contribution in [0.5, 0.6) is 11.5 Å². The average Bonchev–Trinajstić information content (AvgIpc) is 3.35. The molecule has 0 radical (unpaired) electrons. The van der Waals surface area contributed by atoms with E-state index in [9.17, 15) is 9.18 Å². The van der Waals surface area contributed by atoms with Gasteiger partial charge in [-0.25, -0.2) is 23.7 Å². The number of pyridine rings is 1. The molecular formula is C29H26F3N7O4. The van der Waals surface area contributed by atoms with Crippen LogP contribution in [0.3, 0.4) is 0 Å². The van der Waals surface area contributed by atoms with E-state index in [2.05, 4.69) is 25.4 Å². The van der Waals surface area contributed by atoms with E-state index in [0.29, 0.717) is 28.0 Å². The first-order chi connectivity index (χ1) is 20.7. The van der Waals surface area contributed by atoms with Gasteiger partial charge in [0.05, 0.1) is 25.4 Å². The number of nitrogens with zero attached hydrogens (tertiary/aromatic N) is 5. The number of ether oxygens (including phenoxy) is 3. The fraction of sp³-hybridized carbons (Fsp3) is 0.207. The molecule has 3 N–H and O–H groups in total. The van der Waals surface area contributed by atoms with Gasteiger partial charge in [-0.15, -0.1) is 0 Å². The number of aromatic nitrogens is 5. The maximum absolute atomic E-state index is 15.1. The molecule has 0 aliphatic carbocycles. The number of anilines is 2. The third-order valence-electron chi connectivity index (χ3n) is 6.22. The zero-order valence-electron chi connectivity index (χ0n) is 23.1. The molecule has 0 aliphatic heterocycles. The van der Waals surface area contributed by atoms with E-state index in [4.69, 9.17) is 19.9 Å². The highest BCUT2D eigenvalue weighted by atomic mass is 19.1. The van der Waals surface area contributed by atoms with Gasteiger partial charge in [0.1, 0.15) is 42.3 Å². The topological polar surface area (TPSA) is 139 Å². The second-order valence-electron chi connectivity index (χ2n) is 9.30. The van der Waals surface area contributed by atoms with Crippen molar-refractivity contribution in [2.24, 2.45) is 5.73 Å². The number of hydrogen-bond acceptors (Lipinski definition) is 10. The van der Waals surface area contributed by atoms with Crippen LogP contribution in [0.4, 0.5) is 24.7 Å². The summed E-state index contributed by atoms with van der Waals surface area (Å²) < 4.78 is 60.9. The molecule has 5 rings (SSSR count). The van der Waals surface area contributed by atoms with Crippen molar-refractivity contribution in [2.75, 3.05) is 25.6 Å². The third kappa shape index (κ3) is 6.64. The molecule has 1 unspecified atom stereocenters. The van der Waals surface area contributed by atoms with Crippen molar-refractivity contribution in [3.05, 3.63) is 84.1 Å². The highest BCUT2D eigenvalue weighted by molar-refractivity contribution is 5.92. The first-order valence-electron chi connectivity index (χ1n) is 13.0. The fourth-order valence-electron chi connectivity index (χ4n) is 4.15. The lowest BCUT2D eigenvalue weighted by molar-refractivity contribution is -0.145. The molecule has 0 aliphatic rings. The summed E-state index contributed by atoms with van der Waals surface area (Å²) in [6, 6.07) is 11.2. The summed E-state index contributed by atoms with van der Waals surface area (Å²) in [6.45, 7) is 0.989. The van der Waals surface area contributed by atoms with Crippen molar-refractivity contribution in [1.29, 1.82) is 0 Å². The van der Waals surface area contributed by atoms with E-state index in [1.807, 2.05) is 0 Å². The predicted molar refractivity (Wildman–Crippen MR) is 150 cm³/mol. The normalized spacial score (nSPS) is 11.8. The van der Waals surface area contributed by atoms with Crippen LogP contribution in [0, 0.1) is 17.6 Å². The number of fused-ring (bicyclic) bond motifs is 1. The molecule has 5 aromatic rings. The minimum atomic E-state index is -0.847. The fourth-order valence-corrected chi connectivity index (χ4v) is 4.15. The lowest BCUT2D eigenvalue weighted by Gasteiger charge is -2.12. The standard InChI is InChI=1S/C29H26F3N7O4/c1-16(33)29(40)43-10-9-42-18-12-21(30)20(22(31)13-18)15-39-23-6-4-3-5-19(23)26(38-39)28-35-14-24(41-2)27(37-28)36-17-7-8-34-25(32)11-17/h3-8,11-14,16H,9-10,15,33H2,1-2H3,(H,34,35,36,37). The Labute approximate surface area is 243 Å². The molecule has 222 valence electrons. The summed E-state index contributed by atoms with van der Waals surface area (Å²) in [5, 5.41) is 8.22. The molecule has 14 heteroatoms. The van der Waals surface area contributed by atoms with E-state index < -0.39 is 29.6 Å². The number of halogens is 3. The predicted octanol–water partition coefficient (Wildman–Crippen LogP) is 4.38. The molecule has 0 saturated carbocycles. The van der Waals surface area contributed by atoms with Crippen LogP contribution in [-0.4, -0.2) is 57.1 Å². The minimum Gasteiger partial charge on any atom is -0.491 e. The largest absolute Gasteiger partial charge is 0.491 e. The van der Waals surface area contributed by atoms with Gasteiger partial charge in [0.15, 0.2) is 17.4 Å². The number of esters is 1. The Bertz CT molecular complexity index is 1760. The number of nitrogens with one attached hydrogen (secondary N) is 1. The summed E-state index contributed by atoms with van der Waals surface area (Å²) >= 11 is 0. The summed E-state index contributed by atoms with van der Waals surface area (Å²) in [5.41, 5.74) is 6.49. The zero-order valence-corrected chi connectivity index (χ0v) is 23.1. The maximum Gasteiger partial charge on any atom is 0.322 e. The smallest absolute Gasteiger partial charge is 0.322 e. The van der Waals surface area contributed by atoms with Gasteiger partial charge >= 0.3 is 5.97 Å². The summed E-state index contributed by atoms with van der Waals surface area (Å²) in [7, 11) is 1.44. The SMILES string of the molecule is COc1cnc(-c2nn(Cc3c(F)cc(OCCOC(=O)C(C)N)cc3F)c3ccccc23)nc1Nc1ccnc(F)c1. The lowest BCUT2D eigenvalue weighted by atomic mass is 10.1. The number of para-hydroxylation sites is 1. The molecule has 3 aromatic heterocycles. The zero-order chi connectivity index (χ0) is 30.5.